The fourth-order valence-corrected chi connectivity index (χ4v) is 3.39. The predicted molar refractivity (Wildman–Crippen MR) is 96.6 cm³/mol. The van der Waals surface area contributed by atoms with Gasteiger partial charge in [0, 0.05) is 5.02 Å². The van der Waals surface area contributed by atoms with Gasteiger partial charge in [0.15, 0.2) is 0 Å². The zero-order chi connectivity index (χ0) is 17.9. The summed E-state index contributed by atoms with van der Waals surface area (Å²) in [4.78, 5) is 20.8. The van der Waals surface area contributed by atoms with Crippen molar-refractivity contribution in [2.24, 2.45) is 0 Å². The predicted octanol–water partition coefficient (Wildman–Crippen LogP) is 4.39. The molecule has 0 saturated carbocycles. The zero-order valence-corrected chi connectivity index (χ0v) is 15.6. The average molecular weight is 381 g/mol. The van der Waals surface area contributed by atoms with Gasteiger partial charge in [0.05, 0.1) is 21.7 Å². The van der Waals surface area contributed by atoms with Gasteiger partial charge in [0.25, 0.3) is 0 Å². The van der Waals surface area contributed by atoms with E-state index in [1.165, 1.54) is 11.8 Å². The lowest BCUT2D eigenvalue weighted by molar-refractivity contribution is -0.115. The molecule has 1 N–H and O–H groups in total. The summed E-state index contributed by atoms with van der Waals surface area (Å²) in [6, 6.07) is 6.93. The quantitative estimate of drug-likeness (QED) is 0.628. The third-order valence-corrected chi connectivity index (χ3v) is 4.76. The summed E-state index contributed by atoms with van der Waals surface area (Å²) in [7, 11) is 0. The Kier molecular flexibility index (Phi) is 6.05. The van der Waals surface area contributed by atoms with Crippen LogP contribution >= 0.6 is 35.0 Å². The van der Waals surface area contributed by atoms with E-state index in [2.05, 4.69) is 21.4 Å². The molecular weight excluding hydrogens is 367 g/mol. The number of carbonyl (C=O) groups is 1. The van der Waals surface area contributed by atoms with Gasteiger partial charge in [-0.25, -0.2) is 9.97 Å². The number of nitrogens with one attached hydrogen (secondary N) is 1. The van der Waals surface area contributed by atoms with Gasteiger partial charge in [-0.05, 0) is 39.0 Å². The highest BCUT2D eigenvalue weighted by Gasteiger charge is 2.20. The second-order valence-electron chi connectivity index (χ2n) is 5.02. The fraction of sp³-hybridized carbons (Fsp3) is 0.250. The lowest BCUT2D eigenvalue weighted by Crippen LogP contribution is -2.23. The van der Waals surface area contributed by atoms with Crippen LogP contribution in [0.1, 0.15) is 24.0 Å². The Labute approximate surface area is 154 Å². The first-order valence-electron chi connectivity index (χ1n) is 6.99. The van der Waals surface area contributed by atoms with Gasteiger partial charge in [-0.1, -0.05) is 35.0 Å². The van der Waals surface area contributed by atoms with Crippen LogP contribution < -0.4 is 5.32 Å². The molecule has 0 spiro atoms. The zero-order valence-electron chi connectivity index (χ0n) is 13.2. The van der Waals surface area contributed by atoms with E-state index in [0.717, 1.165) is 0 Å². The number of anilines is 1. The van der Waals surface area contributed by atoms with Crippen LogP contribution in [0.5, 0.6) is 0 Å². The van der Waals surface area contributed by atoms with Crippen molar-refractivity contribution in [3.63, 3.8) is 0 Å². The standard InChI is InChI=1S/C16H14Cl2N4OS/c1-8-12(7-19)16(21-10(3)20-8)24-9(2)15(23)22-14-5-4-11(17)6-13(14)18/h4-6,9H,1-3H3,(H,22,23). The van der Waals surface area contributed by atoms with Gasteiger partial charge < -0.3 is 5.32 Å². The number of benzene rings is 1. The van der Waals surface area contributed by atoms with E-state index in [0.29, 0.717) is 37.8 Å². The highest BCUT2D eigenvalue weighted by molar-refractivity contribution is 8.00. The Hall–Kier alpha value is -1.81. The lowest BCUT2D eigenvalue weighted by atomic mass is 10.3. The summed E-state index contributed by atoms with van der Waals surface area (Å²) >= 11 is 13.1. The number of thioether (sulfide) groups is 1. The summed E-state index contributed by atoms with van der Waals surface area (Å²) in [5.74, 6) is 0.310. The summed E-state index contributed by atoms with van der Waals surface area (Å²) in [5, 5.41) is 12.9. The molecule has 24 heavy (non-hydrogen) atoms. The Morgan fingerprint density at radius 1 is 1.33 bits per heavy atom. The van der Waals surface area contributed by atoms with Crippen molar-refractivity contribution in [2.75, 3.05) is 5.32 Å². The van der Waals surface area contributed by atoms with Crippen LogP contribution in [0.2, 0.25) is 10.0 Å². The number of nitriles is 1. The molecule has 2 aromatic rings. The summed E-state index contributed by atoms with van der Waals surface area (Å²) in [6.45, 7) is 5.23. The maximum Gasteiger partial charge on any atom is 0.237 e. The minimum absolute atomic E-state index is 0.248. The molecule has 0 saturated heterocycles. The maximum atomic E-state index is 12.4. The third kappa shape index (κ3) is 4.38. The first kappa shape index (κ1) is 18.5. The molecule has 1 aromatic heterocycles. The highest BCUT2D eigenvalue weighted by Crippen LogP contribution is 2.29. The molecule has 0 bridgehead atoms. The van der Waals surface area contributed by atoms with Crippen molar-refractivity contribution in [2.45, 2.75) is 31.0 Å². The molecular formula is C16H14Cl2N4OS. The number of carbonyl (C=O) groups excluding carboxylic acids is 1. The largest absolute Gasteiger partial charge is 0.324 e. The second kappa shape index (κ2) is 7.84. The summed E-state index contributed by atoms with van der Waals surface area (Å²) in [6.07, 6.45) is 0. The number of halogens is 2. The molecule has 0 aliphatic heterocycles. The normalized spacial score (nSPS) is 11.7. The number of rotatable bonds is 4. The third-order valence-electron chi connectivity index (χ3n) is 3.13. The molecule has 124 valence electrons. The van der Waals surface area contributed by atoms with E-state index in [9.17, 15) is 10.1 Å². The van der Waals surface area contributed by atoms with Gasteiger partial charge in [0.2, 0.25) is 5.91 Å². The molecule has 2 rings (SSSR count). The molecule has 8 heteroatoms. The summed E-state index contributed by atoms with van der Waals surface area (Å²) < 4.78 is 0. The molecule has 1 heterocycles. The van der Waals surface area contributed by atoms with Gasteiger partial charge in [-0.2, -0.15) is 5.26 Å². The van der Waals surface area contributed by atoms with Crippen molar-refractivity contribution in [1.29, 1.82) is 5.26 Å². The SMILES string of the molecule is Cc1nc(C)c(C#N)c(SC(C)C(=O)Nc2ccc(Cl)cc2Cl)n1. The van der Waals surface area contributed by atoms with E-state index in [1.807, 2.05) is 0 Å². The first-order chi connectivity index (χ1) is 11.3. The smallest absolute Gasteiger partial charge is 0.237 e. The van der Waals surface area contributed by atoms with Crippen LogP contribution in [0, 0.1) is 25.2 Å². The molecule has 1 unspecified atom stereocenters. The summed E-state index contributed by atoms with van der Waals surface area (Å²) in [5.41, 5.74) is 1.46. The van der Waals surface area contributed by atoms with E-state index < -0.39 is 5.25 Å². The van der Waals surface area contributed by atoms with Gasteiger partial charge in [-0.15, -0.1) is 0 Å². The Bertz CT molecular complexity index is 836. The van der Waals surface area contributed by atoms with Crippen molar-refractivity contribution >= 4 is 46.6 Å². The first-order valence-corrected chi connectivity index (χ1v) is 8.63. The maximum absolute atomic E-state index is 12.4. The number of nitrogens with zero attached hydrogens (tertiary/aromatic N) is 3. The van der Waals surface area contributed by atoms with Crippen LogP contribution in [0.4, 0.5) is 5.69 Å². The van der Waals surface area contributed by atoms with Crippen molar-refractivity contribution in [1.82, 2.24) is 9.97 Å². The fourth-order valence-electron chi connectivity index (χ4n) is 1.94. The van der Waals surface area contributed by atoms with Crippen molar-refractivity contribution in [3.05, 3.63) is 45.3 Å². The Morgan fingerprint density at radius 2 is 2.04 bits per heavy atom. The average Bonchev–Trinajstić information content (AvgIpc) is 2.49. The molecule has 0 fully saturated rings. The lowest BCUT2D eigenvalue weighted by Gasteiger charge is -2.14. The van der Waals surface area contributed by atoms with Gasteiger partial charge in [0.1, 0.15) is 22.5 Å². The molecule has 0 radical (unpaired) electrons. The number of hydrogen-bond donors (Lipinski definition) is 1. The monoisotopic (exact) mass is 380 g/mol. The molecule has 1 atom stereocenters. The number of hydrogen-bond acceptors (Lipinski definition) is 5. The molecule has 0 aliphatic rings. The molecule has 5 nitrogen and oxygen atoms in total. The number of aryl methyl sites for hydroxylation is 2. The second-order valence-corrected chi connectivity index (χ2v) is 7.19. The molecule has 1 amide bonds. The Morgan fingerprint density at radius 3 is 2.67 bits per heavy atom. The van der Waals surface area contributed by atoms with Crippen LogP contribution in [0.25, 0.3) is 0 Å². The number of aromatic nitrogens is 2. The Balaban J connectivity index is 2.16. The van der Waals surface area contributed by atoms with E-state index in [4.69, 9.17) is 23.2 Å². The minimum Gasteiger partial charge on any atom is -0.324 e. The van der Waals surface area contributed by atoms with E-state index in [1.54, 1.807) is 39.0 Å². The van der Waals surface area contributed by atoms with Crippen LogP contribution in [-0.2, 0) is 4.79 Å². The topological polar surface area (TPSA) is 78.7 Å². The van der Waals surface area contributed by atoms with Crippen LogP contribution in [0.3, 0.4) is 0 Å². The van der Waals surface area contributed by atoms with E-state index in [-0.39, 0.29) is 5.91 Å². The minimum atomic E-state index is -0.474. The van der Waals surface area contributed by atoms with Crippen molar-refractivity contribution in [3.8, 4) is 6.07 Å². The number of amides is 1. The van der Waals surface area contributed by atoms with Crippen LogP contribution in [-0.4, -0.2) is 21.1 Å². The van der Waals surface area contributed by atoms with Crippen LogP contribution in [0.15, 0.2) is 23.2 Å². The van der Waals surface area contributed by atoms with Gasteiger partial charge >= 0.3 is 0 Å². The molecule has 1 aromatic carbocycles. The van der Waals surface area contributed by atoms with E-state index >= 15 is 0 Å². The van der Waals surface area contributed by atoms with Crippen molar-refractivity contribution < 1.29 is 4.79 Å². The van der Waals surface area contributed by atoms with Gasteiger partial charge in [-0.3, -0.25) is 4.79 Å². The highest BCUT2D eigenvalue weighted by atomic mass is 35.5. The molecule has 0 aliphatic carbocycles.